The van der Waals surface area contributed by atoms with Crippen LogP contribution in [0.3, 0.4) is 0 Å². The Morgan fingerprint density at radius 3 is 1.75 bits per heavy atom. The third kappa shape index (κ3) is 4.73. The average molecular weight is 776 g/mol. The van der Waals surface area contributed by atoms with Gasteiger partial charge in [-0.2, -0.15) is 0 Å². The van der Waals surface area contributed by atoms with E-state index in [-0.39, 0.29) is 0 Å². The minimum absolute atomic E-state index is 0.646. The van der Waals surface area contributed by atoms with Crippen LogP contribution in [0, 0.1) is 0 Å². The van der Waals surface area contributed by atoms with Crippen molar-refractivity contribution in [1.29, 1.82) is 0 Å². The van der Waals surface area contributed by atoms with Crippen molar-refractivity contribution in [2.24, 2.45) is 0 Å². The van der Waals surface area contributed by atoms with Gasteiger partial charge in [-0.25, -0.2) is 0 Å². The zero-order chi connectivity index (χ0) is 40.1. The van der Waals surface area contributed by atoms with Crippen molar-refractivity contribution < 1.29 is 4.42 Å². The monoisotopic (exact) mass is 775 g/mol. The molecule has 0 bridgehead atoms. The average Bonchev–Trinajstić information content (AvgIpc) is 3.84. The van der Waals surface area contributed by atoms with Crippen LogP contribution < -0.4 is 4.90 Å². The van der Waals surface area contributed by atoms with Crippen LogP contribution in [0.2, 0.25) is 0 Å². The molecule has 1 aromatic heterocycles. The molecule has 0 fully saturated rings. The van der Waals surface area contributed by atoms with Gasteiger partial charge >= 0.3 is 0 Å². The van der Waals surface area contributed by atoms with E-state index in [1.54, 1.807) is 0 Å². The normalized spacial score (nSPS) is 14.6. The highest BCUT2D eigenvalue weighted by atomic mass is 16.3. The first-order valence-electron chi connectivity index (χ1n) is 21.1. The van der Waals surface area contributed by atoms with Crippen molar-refractivity contribution in [3.63, 3.8) is 0 Å². The van der Waals surface area contributed by atoms with Crippen molar-refractivity contribution in [2.75, 3.05) is 4.90 Å². The first kappa shape index (κ1) is 34.0. The molecule has 284 valence electrons. The lowest BCUT2D eigenvalue weighted by Crippen LogP contribution is -2.29. The van der Waals surface area contributed by atoms with Crippen LogP contribution in [0.1, 0.15) is 22.3 Å². The van der Waals surface area contributed by atoms with E-state index in [9.17, 15) is 0 Å². The summed E-state index contributed by atoms with van der Waals surface area (Å²) in [5.41, 5.74) is 19.2. The van der Waals surface area contributed by atoms with Gasteiger partial charge in [0.25, 0.3) is 0 Å². The van der Waals surface area contributed by atoms with E-state index in [0.29, 0.717) is 0 Å². The second kappa shape index (κ2) is 13.0. The maximum Gasteiger partial charge on any atom is 0.159 e. The van der Waals surface area contributed by atoms with Gasteiger partial charge in [0.15, 0.2) is 5.58 Å². The highest BCUT2D eigenvalue weighted by Gasteiger charge is 2.50. The summed E-state index contributed by atoms with van der Waals surface area (Å²) in [5, 5.41) is 4.72. The minimum Gasteiger partial charge on any atom is -0.454 e. The molecule has 13 rings (SSSR count). The van der Waals surface area contributed by atoms with Crippen molar-refractivity contribution in [2.45, 2.75) is 5.41 Å². The molecular weight excluding hydrogens is 739 g/mol. The lowest BCUT2D eigenvalue weighted by atomic mass is 9.65. The number of para-hydroxylation sites is 3. The summed E-state index contributed by atoms with van der Waals surface area (Å²) in [4.78, 5) is 2.44. The zero-order valence-electron chi connectivity index (χ0n) is 33.2. The van der Waals surface area contributed by atoms with Gasteiger partial charge < -0.3 is 9.32 Å². The lowest BCUT2D eigenvalue weighted by Gasteiger charge is -2.36. The zero-order valence-corrected chi connectivity index (χ0v) is 33.2. The van der Waals surface area contributed by atoms with E-state index in [1.807, 2.05) is 0 Å². The summed E-state index contributed by atoms with van der Waals surface area (Å²) in [6.45, 7) is 0. The molecule has 1 spiro atoms. The molecule has 2 nitrogen and oxygen atoms in total. The smallest absolute Gasteiger partial charge is 0.159 e. The van der Waals surface area contributed by atoms with E-state index in [2.05, 4.69) is 229 Å². The molecule has 11 aromatic rings. The Bertz CT molecular complexity index is 3560. The van der Waals surface area contributed by atoms with E-state index < -0.39 is 5.41 Å². The summed E-state index contributed by atoms with van der Waals surface area (Å²) in [7, 11) is 0. The topological polar surface area (TPSA) is 16.4 Å². The third-order valence-corrected chi connectivity index (χ3v) is 13.3. The highest BCUT2D eigenvalue weighted by molar-refractivity contribution is 6.11. The number of fused-ring (bicyclic) bond motifs is 17. The molecule has 0 amide bonds. The molecule has 10 aromatic carbocycles. The van der Waals surface area contributed by atoms with Crippen LogP contribution in [0.4, 0.5) is 17.1 Å². The van der Waals surface area contributed by atoms with Crippen molar-refractivity contribution in [3.05, 3.63) is 247 Å². The molecule has 61 heavy (non-hydrogen) atoms. The second-order valence-corrected chi connectivity index (χ2v) is 16.3. The molecule has 1 heterocycles. The maximum atomic E-state index is 6.86. The standard InChI is InChI=1S/C59H37NO/c1-2-17-38(18-3-1)41-20-10-14-30-54(41)60(55-31-16-27-48-47-25-11-15-32-56(47)61-58(48)55)40-34-35-46-44-23-7-6-22-43(44)45-24-8-12-28-50(45)59(53(46)37-40)51-29-13-9-26-49(51)57-42-21-5-4-19-39(42)33-36-52(57)59/h1-37H. The fraction of sp³-hybridized carbons (Fsp3) is 0.0169. The molecule has 2 heteroatoms. The van der Waals surface area contributed by atoms with Crippen molar-refractivity contribution in [3.8, 4) is 44.5 Å². The summed E-state index contributed by atoms with van der Waals surface area (Å²) in [5.74, 6) is 0. The van der Waals surface area contributed by atoms with Crippen LogP contribution in [-0.4, -0.2) is 0 Å². The van der Waals surface area contributed by atoms with Crippen LogP contribution in [0.5, 0.6) is 0 Å². The number of benzene rings is 10. The molecule has 0 aliphatic heterocycles. The van der Waals surface area contributed by atoms with Gasteiger partial charge in [-0.3, -0.25) is 0 Å². The molecule has 0 N–H and O–H groups in total. The van der Waals surface area contributed by atoms with E-state index in [0.717, 1.165) is 50.1 Å². The third-order valence-electron chi connectivity index (χ3n) is 13.3. The van der Waals surface area contributed by atoms with Gasteiger partial charge in [0, 0.05) is 22.0 Å². The molecule has 0 saturated heterocycles. The molecule has 1 unspecified atom stereocenters. The van der Waals surface area contributed by atoms with E-state index in [4.69, 9.17) is 4.42 Å². The summed E-state index contributed by atoms with van der Waals surface area (Å²) in [6.07, 6.45) is 0. The predicted octanol–water partition coefficient (Wildman–Crippen LogP) is 15.9. The molecule has 0 saturated carbocycles. The molecular formula is C59H37NO. The number of hydrogen-bond acceptors (Lipinski definition) is 2. The summed E-state index contributed by atoms with van der Waals surface area (Å²) in [6, 6.07) is 82.5. The Morgan fingerprint density at radius 2 is 0.934 bits per heavy atom. The van der Waals surface area contributed by atoms with Crippen LogP contribution >= 0.6 is 0 Å². The van der Waals surface area contributed by atoms with Gasteiger partial charge in [-0.1, -0.05) is 194 Å². The Kier molecular flexibility index (Phi) is 7.26. The fourth-order valence-corrected chi connectivity index (χ4v) is 10.8. The van der Waals surface area contributed by atoms with Crippen LogP contribution in [0.15, 0.2) is 229 Å². The predicted molar refractivity (Wildman–Crippen MR) is 253 cm³/mol. The van der Waals surface area contributed by atoms with E-state index in [1.165, 1.54) is 66.4 Å². The van der Waals surface area contributed by atoms with Crippen LogP contribution in [0.25, 0.3) is 77.2 Å². The first-order chi connectivity index (χ1) is 30.3. The number of furan rings is 1. The Hall–Kier alpha value is -7.94. The van der Waals surface area contributed by atoms with Gasteiger partial charge in [0.1, 0.15) is 5.58 Å². The number of nitrogens with zero attached hydrogens (tertiary/aromatic N) is 1. The van der Waals surface area contributed by atoms with Gasteiger partial charge in [0.2, 0.25) is 0 Å². The molecule has 2 aliphatic carbocycles. The number of anilines is 3. The van der Waals surface area contributed by atoms with Gasteiger partial charge in [-0.15, -0.1) is 0 Å². The van der Waals surface area contributed by atoms with Gasteiger partial charge in [-0.05, 0) is 102 Å². The summed E-state index contributed by atoms with van der Waals surface area (Å²) >= 11 is 0. The SMILES string of the molecule is c1ccc(-c2ccccc2N(c2ccc3c(c2)C2(c4ccccc4-c4ccccc4-3)c3ccccc3-c3c2ccc2ccccc32)c2cccc3c2oc2ccccc23)cc1. The maximum absolute atomic E-state index is 6.86. The lowest BCUT2D eigenvalue weighted by molar-refractivity contribution is 0.669. The Labute approximate surface area is 354 Å². The molecule has 0 radical (unpaired) electrons. The van der Waals surface area contributed by atoms with Crippen molar-refractivity contribution >= 4 is 49.8 Å². The fourth-order valence-electron chi connectivity index (χ4n) is 10.8. The quantitative estimate of drug-likeness (QED) is 0.177. The largest absolute Gasteiger partial charge is 0.454 e. The minimum atomic E-state index is -0.646. The van der Waals surface area contributed by atoms with Gasteiger partial charge in [0.05, 0.1) is 16.8 Å². The Morgan fingerprint density at radius 1 is 0.344 bits per heavy atom. The Balaban J connectivity index is 1.19. The van der Waals surface area contributed by atoms with E-state index >= 15 is 0 Å². The highest BCUT2D eigenvalue weighted by Crippen LogP contribution is 2.63. The first-order valence-corrected chi connectivity index (χ1v) is 21.1. The van der Waals surface area contributed by atoms with Crippen LogP contribution in [-0.2, 0) is 5.41 Å². The number of hydrogen-bond donors (Lipinski definition) is 0. The molecule has 1 atom stereocenters. The van der Waals surface area contributed by atoms with Crippen molar-refractivity contribution in [1.82, 2.24) is 0 Å². The summed E-state index contributed by atoms with van der Waals surface area (Å²) < 4.78 is 6.86. The second-order valence-electron chi connectivity index (χ2n) is 16.3. The molecule has 2 aliphatic rings. The number of rotatable bonds is 4.